The number of nitrogens with one attached hydrogen (secondary N) is 2. The van der Waals surface area contributed by atoms with Crippen molar-refractivity contribution in [2.75, 3.05) is 7.05 Å². The first-order valence-corrected chi connectivity index (χ1v) is 4.03. The van der Waals surface area contributed by atoms with Crippen LogP contribution in [0.1, 0.15) is 20.3 Å². The summed E-state index contributed by atoms with van der Waals surface area (Å²) in [5, 5.41) is 14.0. The molecule has 2 unspecified atom stereocenters. The quantitative estimate of drug-likeness (QED) is 0.623. The standard InChI is InChI=1S/C8H15N3O/c1-4-7(5-9)11-6(2)8(12)10-3/h6-7,11H,4H2,1-3H3,(H,10,12). The summed E-state index contributed by atoms with van der Waals surface area (Å²) in [6.07, 6.45) is 0.706. The van der Waals surface area contributed by atoms with E-state index in [1.54, 1.807) is 14.0 Å². The second kappa shape index (κ2) is 5.56. The van der Waals surface area contributed by atoms with E-state index in [1.807, 2.05) is 6.92 Å². The highest BCUT2D eigenvalue weighted by Crippen LogP contribution is 1.91. The van der Waals surface area contributed by atoms with Gasteiger partial charge in [-0.3, -0.25) is 10.1 Å². The molecule has 4 heteroatoms. The third-order valence-electron chi connectivity index (χ3n) is 1.65. The predicted molar refractivity (Wildman–Crippen MR) is 46.4 cm³/mol. The first kappa shape index (κ1) is 10.9. The van der Waals surface area contributed by atoms with Crippen LogP contribution in [0.4, 0.5) is 0 Å². The van der Waals surface area contributed by atoms with Crippen molar-refractivity contribution in [3.05, 3.63) is 0 Å². The van der Waals surface area contributed by atoms with E-state index in [1.165, 1.54) is 0 Å². The zero-order valence-corrected chi connectivity index (χ0v) is 7.72. The fourth-order valence-corrected chi connectivity index (χ4v) is 0.840. The number of amides is 1. The summed E-state index contributed by atoms with van der Waals surface area (Å²) in [6.45, 7) is 3.64. The maximum absolute atomic E-state index is 11.0. The molecule has 2 N–H and O–H groups in total. The van der Waals surface area contributed by atoms with Gasteiger partial charge < -0.3 is 5.32 Å². The lowest BCUT2D eigenvalue weighted by atomic mass is 10.2. The Morgan fingerprint density at radius 3 is 2.58 bits per heavy atom. The van der Waals surface area contributed by atoms with E-state index in [2.05, 4.69) is 16.7 Å². The van der Waals surface area contributed by atoms with Crippen LogP contribution in [0.25, 0.3) is 0 Å². The Labute approximate surface area is 72.9 Å². The lowest BCUT2D eigenvalue weighted by Gasteiger charge is -2.14. The first-order valence-electron chi connectivity index (χ1n) is 4.03. The Balaban J connectivity index is 3.91. The minimum absolute atomic E-state index is 0.0938. The van der Waals surface area contributed by atoms with Gasteiger partial charge in [0.2, 0.25) is 5.91 Å². The Bertz CT molecular complexity index is 185. The lowest BCUT2D eigenvalue weighted by Crippen LogP contribution is -2.44. The van der Waals surface area contributed by atoms with E-state index in [0.29, 0.717) is 6.42 Å². The molecule has 0 aromatic heterocycles. The normalized spacial score (nSPS) is 14.5. The largest absolute Gasteiger partial charge is 0.358 e. The molecule has 1 amide bonds. The number of rotatable bonds is 4. The van der Waals surface area contributed by atoms with E-state index < -0.39 is 0 Å². The van der Waals surface area contributed by atoms with Crippen molar-refractivity contribution in [3.63, 3.8) is 0 Å². The molecule has 68 valence electrons. The van der Waals surface area contributed by atoms with Gasteiger partial charge in [0.1, 0.15) is 0 Å². The summed E-state index contributed by atoms with van der Waals surface area (Å²) in [5.74, 6) is -0.0938. The molecule has 0 rings (SSSR count). The zero-order chi connectivity index (χ0) is 9.56. The second-order valence-electron chi connectivity index (χ2n) is 2.59. The molecule has 0 saturated carbocycles. The van der Waals surface area contributed by atoms with E-state index in [4.69, 9.17) is 5.26 Å². The number of hydrogen-bond acceptors (Lipinski definition) is 3. The Morgan fingerprint density at radius 2 is 2.25 bits per heavy atom. The molecular formula is C8H15N3O. The van der Waals surface area contributed by atoms with Crippen LogP contribution in [-0.4, -0.2) is 25.0 Å². The summed E-state index contributed by atoms with van der Waals surface area (Å²) in [7, 11) is 1.58. The summed E-state index contributed by atoms with van der Waals surface area (Å²) in [4.78, 5) is 11.0. The van der Waals surface area contributed by atoms with Gasteiger partial charge in [-0.05, 0) is 13.3 Å². The molecule has 0 saturated heterocycles. The summed E-state index contributed by atoms with van der Waals surface area (Å²) in [6, 6.07) is 1.53. The van der Waals surface area contributed by atoms with Crippen molar-refractivity contribution in [3.8, 4) is 6.07 Å². The zero-order valence-electron chi connectivity index (χ0n) is 7.72. The molecule has 4 nitrogen and oxygen atoms in total. The molecule has 0 aromatic rings. The Morgan fingerprint density at radius 1 is 1.67 bits per heavy atom. The van der Waals surface area contributed by atoms with Crippen LogP contribution in [0, 0.1) is 11.3 Å². The average molecular weight is 169 g/mol. The van der Waals surface area contributed by atoms with Crippen molar-refractivity contribution in [1.29, 1.82) is 5.26 Å². The SMILES string of the molecule is CCC(C#N)NC(C)C(=O)NC. The number of nitrogens with zero attached hydrogens (tertiary/aromatic N) is 1. The van der Waals surface area contributed by atoms with Crippen molar-refractivity contribution < 1.29 is 4.79 Å². The van der Waals surface area contributed by atoms with Crippen LogP contribution in [0.2, 0.25) is 0 Å². The molecule has 0 aliphatic heterocycles. The van der Waals surface area contributed by atoms with Crippen molar-refractivity contribution >= 4 is 5.91 Å². The smallest absolute Gasteiger partial charge is 0.236 e. The summed E-state index contributed by atoms with van der Waals surface area (Å²) < 4.78 is 0. The molecule has 0 heterocycles. The van der Waals surface area contributed by atoms with Gasteiger partial charge in [0.25, 0.3) is 0 Å². The van der Waals surface area contributed by atoms with Gasteiger partial charge in [-0.25, -0.2) is 0 Å². The van der Waals surface area contributed by atoms with E-state index in [9.17, 15) is 4.79 Å². The van der Waals surface area contributed by atoms with Crippen molar-refractivity contribution in [2.24, 2.45) is 0 Å². The molecule has 0 fully saturated rings. The first-order chi connectivity index (χ1) is 5.65. The fourth-order valence-electron chi connectivity index (χ4n) is 0.840. The number of carbonyl (C=O) groups excluding carboxylic acids is 1. The van der Waals surface area contributed by atoms with Gasteiger partial charge in [0, 0.05) is 7.05 Å². The predicted octanol–water partition coefficient (Wildman–Crippen LogP) is 0.0127. The number of carbonyl (C=O) groups is 1. The van der Waals surface area contributed by atoms with Crippen LogP contribution in [-0.2, 0) is 4.79 Å². The second-order valence-corrected chi connectivity index (χ2v) is 2.59. The lowest BCUT2D eigenvalue weighted by molar-refractivity contribution is -0.122. The molecule has 0 radical (unpaired) electrons. The molecular weight excluding hydrogens is 154 g/mol. The molecule has 12 heavy (non-hydrogen) atoms. The maximum Gasteiger partial charge on any atom is 0.236 e. The number of likely N-dealkylation sites (N-methyl/N-ethyl adjacent to an activating group) is 1. The number of hydrogen-bond donors (Lipinski definition) is 2. The van der Waals surface area contributed by atoms with Gasteiger partial charge in [-0.15, -0.1) is 0 Å². The number of nitriles is 1. The van der Waals surface area contributed by atoms with Crippen molar-refractivity contribution in [2.45, 2.75) is 32.4 Å². The van der Waals surface area contributed by atoms with Gasteiger partial charge in [-0.2, -0.15) is 5.26 Å². The summed E-state index contributed by atoms with van der Waals surface area (Å²) in [5.41, 5.74) is 0. The van der Waals surface area contributed by atoms with Crippen LogP contribution < -0.4 is 10.6 Å². The van der Waals surface area contributed by atoms with Crippen LogP contribution >= 0.6 is 0 Å². The van der Waals surface area contributed by atoms with E-state index in [-0.39, 0.29) is 18.0 Å². The van der Waals surface area contributed by atoms with E-state index >= 15 is 0 Å². The minimum atomic E-state index is -0.306. The molecule has 2 atom stereocenters. The Hall–Kier alpha value is -1.08. The highest BCUT2D eigenvalue weighted by atomic mass is 16.2. The Kier molecular flexibility index (Phi) is 5.06. The topological polar surface area (TPSA) is 64.9 Å². The highest BCUT2D eigenvalue weighted by Gasteiger charge is 2.14. The molecule has 0 aliphatic rings. The van der Waals surface area contributed by atoms with Gasteiger partial charge in [-0.1, -0.05) is 6.92 Å². The molecule has 0 bridgehead atoms. The van der Waals surface area contributed by atoms with Crippen molar-refractivity contribution in [1.82, 2.24) is 10.6 Å². The molecule has 0 aliphatic carbocycles. The van der Waals surface area contributed by atoms with E-state index in [0.717, 1.165) is 0 Å². The highest BCUT2D eigenvalue weighted by molar-refractivity contribution is 5.80. The van der Waals surface area contributed by atoms with Gasteiger partial charge >= 0.3 is 0 Å². The van der Waals surface area contributed by atoms with Crippen LogP contribution in [0.3, 0.4) is 0 Å². The third-order valence-corrected chi connectivity index (χ3v) is 1.65. The fraction of sp³-hybridized carbons (Fsp3) is 0.750. The molecule has 0 aromatic carbocycles. The monoisotopic (exact) mass is 169 g/mol. The van der Waals surface area contributed by atoms with Crippen LogP contribution in [0.5, 0.6) is 0 Å². The average Bonchev–Trinajstić information content (AvgIpc) is 2.12. The summed E-state index contributed by atoms with van der Waals surface area (Å²) >= 11 is 0. The molecule has 0 spiro atoms. The van der Waals surface area contributed by atoms with Gasteiger partial charge in [0.05, 0.1) is 18.2 Å². The van der Waals surface area contributed by atoms with Crippen LogP contribution in [0.15, 0.2) is 0 Å². The van der Waals surface area contributed by atoms with Gasteiger partial charge in [0.15, 0.2) is 0 Å². The minimum Gasteiger partial charge on any atom is -0.358 e. The third kappa shape index (κ3) is 3.35. The maximum atomic E-state index is 11.0.